The van der Waals surface area contributed by atoms with E-state index in [9.17, 15) is 9.90 Å². The molecular formula is C17H17ClNO3-. The minimum Gasteiger partial charge on any atom is -0.545 e. The number of carboxylic acid groups (broad SMARTS) is 1. The van der Waals surface area contributed by atoms with Crippen LogP contribution in [0.1, 0.15) is 42.7 Å². The molecule has 0 aliphatic heterocycles. The Labute approximate surface area is 134 Å². The molecule has 1 aromatic heterocycles. The predicted octanol–water partition coefficient (Wildman–Crippen LogP) is 3.29. The zero-order valence-electron chi connectivity index (χ0n) is 12.7. The number of carbonyl (C=O) groups excluding carboxylic acids is 1. The van der Waals surface area contributed by atoms with Crippen molar-refractivity contribution in [3.8, 4) is 17.0 Å². The number of carbonyl (C=O) groups is 1. The van der Waals surface area contributed by atoms with Gasteiger partial charge >= 0.3 is 0 Å². The van der Waals surface area contributed by atoms with Gasteiger partial charge in [-0.15, -0.1) is 0 Å². The largest absolute Gasteiger partial charge is 0.545 e. The maximum Gasteiger partial charge on any atom is 0.132 e. The highest BCUT2D eigenvalue weighted by Crippen LogP contribution is 2.31. The van der Waals surface area contributed by atoms with Gasteiger partial charge in [-0.25, -0.2) is 0 Å². The van der Waals surface area contributed by atoms with Gasteiger partial charge in [0, 0.05) is 16.7 Å². The molecular weight excluding hydrogens is 302 g/mol. The molecule has 4 nitrogen and oxygen atoms in total. The number of benzene rings is 1. The molecule has 2 aromatic rings. The lowest BCUT2D eigenvalue weighted by molar-refractivity contribution is -0.255. The average molecular weight is 319 g/mol. The van der Waals surface area contributed by atoms with Crippen molar-refractivity contribution >= 4 is 17.6 Å². The maximum absolute atomic E-state index is 11.5. The molecule has 0 radical (unpaired) electrons. The summed E-state index contributed by atoms with van der Waals surface area (Å²) in [5.74, 6) is -1.06. The number of aromatic nitrogens is 1. The summed E-state index contributed by atoms with van der Waals surface area (Å²) >= 11 is 5.90. The molecule has 0 aliphatic carbocycles. The number of nitrogens with zero attached hydrogens (tertiary/aromatic N) is 1. The van der Waals surface area contributed by atoms with Crippen LogP contribution in [0.5, 0.6) is 5.75 Å². The second kappa shape index (κ2) is 6.79. The van der Waals surface area contributed by atoms with Crippen LogP contribution in [0, 0.1) is 0 Å². The fraction of sp³-hybridized carbons (Fsp3) is 0.294. The van der Waals surface area contributed by atoms with E-state index in [-0.39, 0.29) is 17.2 Å². The third-order valence-electron chi connectivity index (χ3n) is 3.20. The van der Waals surface area contributed by atoms with Crippen LogP contribution in [0.3, 0.4) is 0 Å². The van der Waals surface area contributed by atoms with Crippen LogP contribution in [0.15, 0.2) is 30.3 Å². The quantitative estimate of drug-likeness (QED) is 0.848. The molecule has 0 bridgehead atoms. The van der Waals surface area contributed by atoms with E-state index in [0.29, 0.717) is 23.0 Å². The molecule has 0 aliphatic rings. The van der Waals surface area contributed by atoms with Crippen LogP contribution < -0.4 is 9.84 Å². The first kappa shape index (κ1) is 16.3. The molecule has 0 fully saturated rings. The average Bonchev–Trinajstić information content (AvgIpc) is 2.47. The maximum atomic E-state index is 11.5. The molecule has 0 amide bonds. The van der Waals surface area contributed by atoms with Crippen molar-refractivity contribution in [1.82, 2.24) is 4.98 Å². The SMILES string of the molecule is CCOc1cc(-c2ccc(Cl)cc2)nc(C(C)C)c1C(=O)[O-]. The van der Waals surface area contributed by atoms with E-state index in [1.807, 2.05) is 26.0 Å². The second-order valence-electron chi connectivity index (χ2n) is 5.15. The van der Waals surface area contributed by atoms with Gasteiger partial charge in [-0.3, -0.25) is 4.98 Å². The Balaban J connectivity index is 2.66. The fourth-order valence-corrected chi connectivity index (χ4v) is 2.33. The zero-order valence-corrected chi connectivity index (χ0v) is 13.5. The lowest BCUT2D eigenvalue weighted by atomic mass is 10.0. The monoisotopic (exact) mass is 318 g/mol. The first-order chi connectivity index (χ1) is 10.4. The lowest BCUT2D eigenvalue weighted by Gasteiger charge is -2.19. The van der Waals surface area contributed by atoms with Crippen molar-refractivity contribution < 1.29 is 14.6 Å². The highest BCUT2D eigenvalue weighted by atomic mass is 35.5. The van der Waals surface area contributed by atoms with Crippen LogP contribution in [0.2, 0.25) is 5.02 Å². The molecule has 0 saturated heterocycles. The molecule has 0 saturated carbocycles. The molecule has 1 aromatic carbocycles. The number of carboxylic acids is 1. The number of rotatable bonds is 5. The number of hydrogen-bond donors (Lipinski definition) is 0. The standard InChI is InChI=1S/C17H18ClNO3/c1-4-22-14-9-13(11-5-7-12(18)8-6-11)19-16(10(2)3)15(14)17(20)21/h5-10H,4H2,1-3H3,(H,20,21)/p-1. The van der Waals surface area contributed by atoms with E-state index in [1.165, 1.54) is 0 Å². The molecule has 0 N–H and O–H groups in total. The zero-order chi connectivity index (χ0) is 16.3. The van der Waals surface area contributed by atoms with E-state index in [1.54, 1.807) is 25.1 Å². The van der Waals surface area contributed by atoms with Crippen LogP contribution in [-0.2, 0) is 0 Å². The summed E-state index contributed by atoms with van der Waals surface area (Å²) in [7, 11) is 0. The topological polar surface area (TPSA) is 62.2 Å². The molecule has 22 heavy (non-hydrogen) atoms. The summed E-state index contributed by atoms with van der Waals surface area (Å²) in [4.78, 5) is 16.0. The van der Waals surface area contributed by atoms with E-state index >= 15 is 0 Å². The van der Waals surface area contributed by atoms with Gasteiger partial charge in [-0.2, -0.15) is 0 Å². The smallest absolute Gasteiger partial charge is 0.132 e. The highest BCUT2D eigenvalue weighted by Gasteiger charge is 2.18. The van der Waals surface area contributed by atoms with Gasteiger partial charge in [0.25, 0.3) is 0 Å². The Kier molecular flexibility index (Phi) is 5.03. The third-order valence-corrected chi connectivity index (χ3v) is 3.45. The molecule has 116 valence electrons. The van der Waals surface area contributed by atoms with E-state index in [0.717, 1.165) is 5.56 Å². The van der Waals surface area contributed by atoms with E-state index in [2.05, 4.69) is 4.98 Å². The van der Waals surface area contributed by atoms with E-state index < -0.39 is 5.97 Å². The molecule has 5 heteroatoms. The second-order valence-corrected chi connectivity index (χ2v) is 5.58. The van der Waals surface area contributed by atoms with Crippen molar-refractivity contribution in [3.63, 3.8) is 0 Å². The first-order valence-electron chi connectivity index (χ1n) is 7.09. The Morgan fingerprint density at radius 2 is 1.95 bits per heavy atom. The van der Waals surface area contributed by atoms with Crippen LogP contribution >= 0.6 is 11.6 Å². The number of aromatic carboxylic acids is 1. The fourth-order valence-electron chi connectivity index (χ4n) is 2.20. The van der Waals surface area contributed by atoms with Crippen molar-refractivity contribution in [2.45, 2.75) is 26.7 Å². The number of hydrogen-bond acceptors (Lipinski definition) is 4. The van der Waals surface area contributed by atoms with Gasteiger partial charge in [0.05, 0.1) is 29.5 Å². The lowest BCUT2D eigenvalue weighted by Crippen LogP contribution is -2.26. The van der Waals surface area contributed by atoms with Crippen molar-refractivity contribution in [1.29, 1.82) is 0 Å². The number of pyridine rings is 1. The van der Waals surface area contributed by atoms with Gasteiger partial charge in [-0.05, 0) is 25.0 Å². The number of halogens is 1. The van der Waals surface area contributed by atoms with Crippen LogP contribution in [0.4, 0.5) is 0 Å². The van der Waals surface area contributed by atoms with Gasteiger partial charge in [0.15, 0.2) is 0 Å². The van der Waals surface area contributed by atoms with Gasteiger partial charge < -0.3 is 14.6 Å². The van der Waals surface area contributed by atoms with Crippen molar-refractivity contribution in [2.24, 2.45) is 0 Å². The molecule has 1 heterocycles. The van der Waals surface area contributed by atoms with Crippen LogP contribution in [0.25, 0.3) is 11.3 Å². The Morgan fingerprint density at radius 3 is 2.45 bits per heavy atom. The molecule has 0 unspecified atom stereocenters. The van der Waals surface area contributed by atoms with Crippen molar-refractivity contribution in [3.05, 3.63) is 46.6 Å². The van der Waals surface area contributed by atoms with E-state index in [4.69, 9.17) is 16.3 Å². The summed E-state index contributed by atoms with van der Waals surface area (Å²) in [6.07, 6.45) is 0. The molecule has 0 atom stereocenters. The Hall–Kier alpha value is -2.07. The van der Waals surface area contributed by atoms with Gasteiger partial charge in [0.1, 0.15) is 5.75 Å². The minimum atomic E-state index is -1.28. The third kappa shape index (κ3) is 3.39. The summed E-state index contributed by atoms with van der Waals surface area (Å²) in [5.41, 5.74) is 1.97. The predicted molar refractivity (Wildman–Crippen MR) is 84.3 cm³/mol. The highest BCUT2D eigenvalue weighted by molar-refractivity contribution is 6.30. The Morgan fingerprint density at radius 1 is 1.32 bits per heavy atom. The van der Waals surface area contributed by atoms with Gasteiger partial charge in [-0.1, -0.05) is 37.6 Å². The summed E-state index contributed by atoms with van der Waals surface area (Å²) in [6, 6.07) is 8.83. The first-order valence-corrected chi connectivity index (χ1v) is 7.46. The normalized spacial score (nSPS) is 10.8. The molecule has 0 spiro atoms. The van der Waals surface area contributed by atoms with Crippen LogP contribution in [-0.4, -0.2) is 17.6 Å². The Bertz CT molecular complexity index is 681. The summed E-state index contributed by atoms with van der Waals surface area (Å²) < 4.78 is 5.49. The summed E-state index contributed by atoms with van der Waals surface area (Å²) in [5, 5.41) is 12.1. The summed E-state index contributed by atoms with van der Waals surface area (Å²) in [6.45, 7) is 5.94. The number of ether oxygens (including phenoxy) is 1. The molecule has 2 rings (SSSR count). The van der Waals surface area contributed by atoms with Crippen molar-refractivity contribution in [2.75, 3.05) is 6.61 Å². The van der Waals surface area contributed by atoms with Gasteiger partial charge in [0.2, 0.25) is 0 Å². The minimum absolute atomic E-state index is 0.0227.